The number of aliphatic hydroxyl groups excluding tert-OH is 6. The van der Waals surface area contributed by atoms with E-state index in [4.69, 9.17) is 9.05 Å². The van der Waals surface area contributed by atoms with E-state index in [1.54, 1.807) is 0 Å². The normalized spacial score (nSPS) is 22.7. The Hall–Kier alpha value is -0.920. The van der Waals surface area contributed by atoms with E-state index in [2.05, 4.69) is 19.2 Å². The van der Waals surface area contributed by atoms with Crippen LogP contribution >= 0.6 is 7.82 Å². The number of phosphoric acid groups is 1. The van der Waals surface area contributed by atoms with Crippen LogP contribution in [0.25, 0.3) is 0 Å². The van der Waals surface area contributed by atoms with Crippen LogP contribution in [0.5, 0.6) is 0 Å². The molecule has 1 aliphatic rings. The Morgan fingerprint density at radius 2 is 0.869 bits per heavy atom. The topological polar surface area (TPSA) is 206 Å². The lowest BCUT2D eigenvalue weighted by atomic mass is 9.85. The fourth-order valence-electron chi connectivity index (χ4n) is 8.20. The highest BCUT2D eigenvalue weighted by Crippen LogP contribution is 2.47. The number of carbonyl (C=O) groups is 1. The fraction of sp³-hybridized carbons (Fsp3) is 0.938. The second-order valence-corrected chi connectivity index (χ2v) is 19.4. The monoisotopic (exact) mass is 892 g/mol. The maximum absolute atomic E-state index is 12.9. The average Bonchev–Trinajstić information content (AvgIpc) is 3.24. The van der Waals surface area contributed by atoms with Gasteiger partial charge in [0.2, 0.25) is 5.91 Å². The van der Waals surface area contributed by atoms with Gasteiger partial charge in [-0.25, -0.2) is 4.57 Å². The van der Waals surface area contributed by atoms with Crippen molar-refractivity contribution in [3.8, 4) is 0 Å². The van der Waals surface area contributed by atoms with Crippen LogP contribution in [-0.2, 0) is 18.4 Å². The van der Waals surface area contributed by atoms with Crippen molar-refractivity contribution in [3.05, 3.63) is 12.2 Å². The molecule has 0 spiro atoms. The number of rotatable bonds is 42. The lowest BCUT2D eigenvalue weighted by Crippen LogP contribution is -2.64. The first-order chi connectivity index (χ1) is 29.4. The molecule has 0 aromatic carbocycles. The standard InChI is InChI=1S/C48H94NO11P/c1-3-5-7-9-11-13-15-16-17-18-19-20-21-22-23-24-25-26-27-28-30-32-34-36-38-42(51)49-40(41(50)37-35-33-31-29-14-12-10-8-6-4-2)39-59-61(57,58)60-48-46(55)44(53)43(52)45(54)47(48)56/h35,37,40-41,43-48,50,52-56H,3-34,36,38-39H2,1-2H3,(H,49,51)(H,57,58)/b37-35+/t40-,41+,43?,44+,45?,46?,47?,48?/m0/s1. The van der Waals surface area contributed by atoms with E-state index in [1.165, 1.54) is 167 Å². The molecule has 0 bridgehead atoms. The van der Waals surface area contributed by atoms with Crippen LogP contribution in [-0.4, -0.2) is 96.8 Å². The van der Waals surface area contributed by atoms with Crippen molar-refractivity contribution in [2.24, 2.45) is 0 Å². The summed E-state index contributed by atoms with van der Waals surface area (Å²) in [5, 5.41) is 63.9. The summed E-state index contributed by atoms with van der Waals surface area (Å²) in [6.45, 7) is 3.83. The number of phosphoric ester groups is 1. The van der Waals surface area contributed by atoms with Gasteiger partial charge in [0, 0.05) is 6.42 Å². The summed E-state index contributed by atoms with van der Waals surface area (Å²) in [6.07, 6.45) is 31.6. The van der Waals surface area contributed by atoms with Crippen molar-refractivity contribution in [3.63, 3.8) is 0 Å². The van der Waals surface area contributed by atoms with E-state index >= 15 is 0 Å². The van der Waals surface area contributed by atoms with Crippen LogP contribution in [0.4, 0.5) is 0 Å². The molecule has 1 saturated carbocycles. The molecule has 12 nitrogen and oxygen atoms in total. The van der Waals surface area contributed by atoms with E-state index in [-0.39, 0.29) is 12.3 Å². The van der Waals surface area contributed by atoms with Gasteiger partial charge in [-0.1, -0.05) is 219 Å². The van der Waals surface area contributed by atoms with Crippen LogP contribution in [0.2, 0.25) is 0 Å². The highest BCUT2D eigenvalue weighted by molar-refractivity contribution is 7.47. The smallest absolute Gasteiger partial charge is 0.387 e. The molecule has 0 aliphatic heterocycles. The third kappa shape index (κ3) is 30.0. The number of hydrogen-bond donors (Lipinski definition) is 8. The van der Waals surface area contributed by atoms with E-state index in [1.807, 2.05) is 6.08 Å². The quantitative estimate of drug-likeness (QED) is 0.0164. The Morgan fingerprint density at radius 3 is 1.25 bits per heavy atom. The first kappa shape index (κ1) is 58.1. The zero-order chi connectivity index (χ0) is 45.0. The molecule has 362 valence electrons. The molecule has 0 saturated heterocycles. The lowest BCUT2D eigenvalue weighted by molar-refractivity contribution is -0.220. The van der Waals surface area contributed by atoms with Crippen LogP contribution in [0.3, 0.4) is 0 Å². The summed E-state index contributed by atoms with van der Waals surface area (Å²) in [6, 6.07) is -1.11. The van der Waals surface area contributed by atoms with Gasteiger partial charge in [-0.3, -0.25) is 13.8 Å². The minimum absolute atomic E-state index is 0.219. The Kier molecular flexibility index (Phi) is 36.5. The van der Waals surface area contributed by atoms with Gasteiger partial charge in [-0.05, 0) is 19.3 Å². The SMILES string of the molecule is CCCCCCCCCC/C=C/[C@@H](O)[C@H](COP(=O)(O)OC1C(O)C(O)C(O)[C@@H](O)C1O)NC(=O)CCCCCCCCCCCCCCCCCCCCCCCCCC. The van der Waals surface area contributed by atoms with Gasteiger partial charge in [0.1, 0.15) is 36.6 Å². The second-order valence-electron chi connectivity index (χ2n) is 18.0. The summed E-state index contributed by atoms with van der Waals surface area (Å²) in [5.41, 5.74) is 0. The average molecular weight is 892 g/mol. The third-order valence-electron chi connectivity index (χ3n) is 12.3. The van der Waals surface area contributed by atoms with Crippen molar-refractivity contribution in [2.45, 2.75) is 281 Å². The largest absolute Gasteiger partial charge is 0.472 e. The summed E-state index contributed by atoms with van der Waals surface area (Å²) < 4.78 is 22.9. The first-order valence-electron chi connectivity index (χ1n) is 25.1. The van der Waals surface area contributed by atoms with Crippen molar-refractivity contribution >= 4 is 13.7 Å². The molecule has 1 amide bonds. The predicted octanol–water partition coefficient (Wildman–Crippen LogP) is 10.0. The summed E-state index contributed by atoms with van der Waals surface area (Å²) in [5.74, 6) is -0.338. The number of amides is 1. The molecule has 1 aliphatic carbocycles. The summed E-state index contributed by atoms with van der Waals surface area (Å²) >= 11 is 0. The number of allylic oxidation sites excluding steroid dienone is 1. The Balaban J connectivity index is 2.32. The molecule has 13 heteroatoms. The van der Waals surface area contributed by atoms with Crippen LogP contribution in [0.15, 0.2) is 12.2 Å². The second kappa shape index (κ2) is 38.4. The molecule has 9 atom stereocenters. The zero-order valence-corrected chi connectivity index (χ0v) is 39.6. The number of aliphatic hydroxyl groups is 6. The maximum atomic E-state index is 12.9. The minimum atomic E-state index is -5.07. The summed E-state index contributed by atoms with van der Waals surface area (Å²) in [7, 11) is -5.07. The molecule has 0 radical (unpaired) electrons. The number of nitrogens with one attached hydrogen (secondary N) is 1. The fourth-order valence-corrected chi connectivity index (χ4v) is 9.17. The van der Waals surface area contributed by atoms with E-state index in [0.29, 0.717) is 6.42 Å². The van der Waals surface area contributed by atoms with Crippen molar-refractivity contribution in [1.29, 1.82) is 0 Å². The Morgan fingerprint density at radius 1 is 0.541 bits per heavy atom. The van der Waals surface area contributed by atoms with Gasteiger partial charge in [0.25, 0.3) is 0 Å². The molecule has 61 heavy (non-hydrogen) atoms. The third-order valence-corrected chi connectivity index (χ3v) is 13.3. The Labute approximate surface area is 371 Å². The lowest BCUT2D eigenvalue weighted by Gasteiger charge is -2.41. The molecular weight excluding hydrogens is 797 g/mol. The predicted molar refractivity (Wildman–Crippen MR) is 246 cm³/mol. The number of unbranched alkanes of at least 4 members (excludes halogenated alkanes) is 31. The van der Waals surface area contributed by atoms with Gasteiger partial charge in [-0.15, -0.1) is 0 Å². The molecule has 0 aromatic heterocycles. The molecule has 8 N–H and O–H groups in total. The van der Waals surface area contributed by atoms with Crippen LogP contribution in [0, 0.1) is 0 Å². The first-order valence-corrected chi connectivity index (χ1v) is 26.6. The number of carbonyl (C=O) groups excluding carboxylic acids is 1. The van der Waals surface area contributed by atoms with Crippen molar-refractivity contribution in [2.75, 3.05) is 6.61 Å². The Bertz CT molecular complexity index is 1080. The minimum Gasteiger partial charge on any atom is -0.387 e. The van der Waals surface area contributed by atoms with Gasteiger partial charge in [0.05, 0.1) is 18.8 Å². The molecule has 1 fully saturated rings. The highest BCUT2D eigenvalue weighted by atomic mass is 31.2. The van der Waals surface area contributed by atoms with Gasteiger partial charge in [-0.2, -0.15) is 0 Å². The molecule has 0 heterocycles. The molecule has 0 aromatic rings. The molecule has 6 unspecified atom stereocenters. The maximum Gasteiger partial charge on any atom is 0.472 e. The molecule has 1 rings (SSSR count). The van der Waals surface area contributed by atoms with Crippen LogP contribution in [0.1, 0.15) is 232 Å². The summed E-state index contributed by atoms with van der Waals surface area (Å²) in [4.78, 5) is 23.4. The molecular formula is C48H94NO11P. The van der Waals surface area contributed by atoms with Crippen molar-refractivity contribution < 1.29 is 53.9 Å². The van der Waals surface area contributed by atoms with Gasteiger partial charge in [0.15, 0.2) is 0 Å². The van der Waals surface area contributed by atoms with E-state index in [9.17, 15) is 44.9 Å². The van der Waals surface area contributed by atoms with E-state index < -0.39 is 63.2 Å². The number of hydrogen-bond acceptors (Lipinski definition) is 10. The van der Waals surface area contributed by atoms with Crippen molar-refractivity contribution in [1.82, 2.24) is 5.32 Å². The van der Waals surface area contributed by atoms with E-state index in [0.717, 1.165) is 44.9 Å². The zero-order valence-electron chi connectivity index (χ0n) is 38.7. The van der Waals surface area contributed by atoms with Gasteiger partial charge >= 0.3 is 7.82 Å². The highest BCUT2D eigenvalue weighted by Gasteiger charge is 2.51. The van der Waals surface area contributed by atoms with Gasteiger partial charge < -0.3 is 40.8 Å². The van der Waals surface area contributed by atoms with Crippen LogP contribution < -0.4 is 5.32 Å².